The Morgan fingerprint density at radius 2 is 1.98 bits per heavy atom. The number of halogens is 5. The molecular weight excluding hydrogens is 561 g/mol. The Hall–Kier alpha value is -4.00. The van der Waals surface area contributed by atoms with Crippen molar-refractivity contribution >= 4 is 29.3 Å². The van der Waals surface area contributed by atoms with E-state index in [9.17, 15) is 46.4 Å². The van der Waals surface area contributed by atoms with Crippen molar-refractivity contribution in [1.82, 2.24) is 15.1 Å². The van der Waals surface area contributed by atoms with E-state index in [1.807, 2.05) is 6.07 Å². The van der Waals surface area contributed by atoms with Gasteiger partial charge in [0.05, 0.1) is 19.2 Å². The number of rotatable bonds is 8. The number of methoxy groups -OCH3 is 1. The van der Waals surface area contributed by atoms with Gasteiger partial charge >= 0.3 is 12.1 Å². The summed E-state index contributed by atoms with van der Waals surface area (Å²) < 4.78 is 77.1. The van der Waals surface area contributed by atoms with Crippen LogP contribution in [0.15, 0.2) is 12.1 Å². The number of likely N-dealkylation sites (N-methyl/N-ethyl adjacent to an activating group) is 1. The van der Waals surface area contributed by atoms with Crippen LogP contribution >= 0.6 is 0 Å². The zero-order chi connectivity index (χ0) is 30.9. The van der Waals surface area contributed by atoms with Crippen molar-refractivity contribution in [2.75, 3.05) is 32.6 Å². The van der Waals surface area contributed by atoms with Crippen LogP contribution in [0, 0.1) is 28.9 Å². The lowest BCUT2D eigenvalue weighted by molar-refractivity contribution is -0.175. The second kappa shape index (κ2) is 11.9. The molecule has 2 aliphatic heterocycles. The summed E-state index contributed by atoms with van der Waals surface area (Å²) in [5, 5.41) is 13.7. The average molecular weight is 590 g/mol. The zero-order valence-electron chi connectivity index (χ0n) is 22.5. The molecule has 0 aliphatic carbocycles. The van der Waals surface area contributed by atoms with Gasteiger partial charge < -0.3 is 29.9 Å². The van der Waals surface area contributed by atoms with E-state index in [2.05, 4.69) is 5.32 Å². The molecule has 2 heterocycles. The van der Waals surface area contributed by atoms with Crippen molar-refractivity contribution in [1.29, 1.82) is 5.26 Å². The van der Waals surface area contributed by atoms with Gasteiger partial charge in [-0.1, -0.05) is 13.8 Å². The standard InChI is InChI=1S/C25H28F5N5O6/c1-12(2)5-17(34(3)20(36)16(10-40-4)32-23(39)25(28,29)30)21(37)35-11-24(8-14(35)9-31)22(38)33-19-15(27)6-13(26)7-18(19)41-24/h6-7,12,14,16-17H,5,8,10-11H2,1-4H3,(H,32,39)(H,33,38)/t14-,16-,17-,24+/m0/s1. The van der Waals surface area contributed by atoms with Crippen LogP contribution in [0.3, 0.4) is 0 Å². The number of carbonyl (C=O) groups is 4. The van der Waals surface area contributed by atoms with Crippen LogP contribution in [-0.2, 0) is 23.9 Å². The lowest BCUT2D eigenvalue weighted by Crippen LogP contribution is -2.59. The number of fused-ring (bicyclic) bond motifs is 1. The van der Waals surface area contributed by atoms with Gasteiger partial charge in [-0.2, -0.15) is 18.4 Å². The van der Waals surface area contributed by atoms with E-state index in [1.165, 1.54) is 0 Å². The van der Waals surface area contributed by atoms with Crippen LogP contribution in [0.4, 0.5) is 27.6 Å². The second-order valence-corrected chi connectivity index (χ2v) is 10.2. The molecule has 0 radical (unpaired) electrons. The SMILES string of the molecule is COC[C@H](NC(=O)C(F)(F)F)C(=O)N(C)[C@@H](CC(C)C)C(=O)N1C[C@@]2(C[C@H]1C#N)Oc1cc(F)cc(F)c1NC2=O. The maximum absolute atomic E-state index is 14.2. The second-order valence-electron chi connectivity index (χ2n) is 10.2. The van der Waals surface area contributed by atoms with Gasteiger partial charge in [-0.3, -0.25) is 19.2 Å². The minimum Gasteiger partial charge on any atom is -0.473 e. The number of amides is 4. The largest absolute Gasteiger partial charge is 0.473 e. The molecule has 0 unspecified atom stereocenters. The van der Waals surface area contributed by atoms with Gasteiger partial charge in [-0.25, -0.2) is 8.78 Å². The van der Waals surface area contributed by atoms with E-state index in [0.29, 0.717) is 6.07 Å². The number of nitrogens with one attached hydrogen (secondary N) is 2. The Labute approximate surface area is 231 Å². The first-order chi connectivity index (χ1) is 19.0. The quantitative estimate of drug-likeness (QED) is 0.440. The summed E-state index contributed by atoms with van der Waals surface area (Å²) >= 11 is 0. The Bertz CT molecular complexity index is 1270. The maximum atomic E-state index is 14.2. The van der Waals surface area contributed by atoms with Gasteiger partial charge in [-0.05, 0) is 12.3 Å². The number of carbonyl (C=O) groups excluding carboxylic acids is 4. The van der Waals surface area contributed by atoms with Gasteiger partial charge in [0.2, 0.25) is 17.4 Å². The summed E-state index contributed by atoms with van der Waals surface area (Å²) in [5.41, 5.74) is -2.30. The molecule has 0 saturated carbocycles. The van der Waals surface area contributed by atoms with Crippen LogP contribution in [0.5, 0.6) is 5.75 Å². The normalized spacial score (nSPS) is 21.4. The van der Waals surface area contributed by atoms with Crippen molar-refractivity contribution in [3.8, 4) is 11.8 Å². The molecule has 224 valence electrons. The van der Waals surface area contributed by atoms with Gasteiger partial charge in [0.1, 0.15) is 29.6 Å². The molecule has 1 spiro atoms. The number of hydrogen-bond donors (Lipinski definition) is 2. The Morgan fingerprint density at radius 1 is 1.32 bits per heavy atom. The molecule has 16 heteroatoms. The fraction of sp³-hybridized carbons (Fsp3) is 0.560. The monoisotopic (exact) mass is 589 g/mol. The Kier molecular flexibility index (Phi) is 9.11. The molecule has 1 fully saturated rings. The molecule has 3 rings (SSSR count). The van der Waals surface area contributed by atoms with Gasteiger partial charge in [0, 0.05) is 32.7 Å². The topological polar surface area (TPSA) is 141 Å². The number of nitriles is 1. The highest BCUT2D eigenvalue weighted by Crippen LogP contribution is 2.42. The number of likely N-dealkylation sites (tertiary alicyclic amines) is 1. The third-order valence-electron chi connectivity index (χ3n) is 6.72. The number of hydrogen-bond acceptors (Lipinski definition) is 7. The van der Waals surface area contributed by atoms with Gasteiger partial charge in [-0.15, -0.1) is 0 Å². The summed E-state index contributed by atoms with van der Waals surface area (Å²) in [7, 11) is 2.25. The molecule has 4 atom stereocenters. The molecular formula is C25H28F5N5O6. The third kappa shape index (κ3) is 6.50. The summed E-state index contributed by atoms with van der Waals surface area (Å²) in [6.45, 7) is 2.25. The summed E-state index contributed by atoms with van der Waals surface area (Å²) in [6, 6.07) is -1.15. The molecule has 41 heavy (non-hydrogen) atoms. The fourth-order valence-electron chi connectivity index (χ4n) is 4.74. The van der Waals surface area contributed by atoms with Crippen molar-refractivity contribution < 1.29 is 50.6 Å². The number of alkyl halides is 3. The lowest BCUT2D eigenvalue weighted by Gasteiger charge is -2.36. The lowest BCUT2D eigenvalue weighted by atomic mass is 9.97. The molecule has 2 N–H and O–H groups in total. The van der Waals surface area contributed by atoms with Crippen LogP contribution in [-0.4, -0.2) is 90.6 Å². The predicted molar refractivity (Wildman–Crippen MR) is 130 cm³/mol. The molecule has 0 bridgehead atoms. The van der Waals surface area contributed by atoms with Crippen molar-refractivity contribution in [3.05, 3.63) is 23.8 Å². The minimum atomic E-state index is -5.28. The predicted octanol–water partition coefficient (Wildman–Crippen LogP) is 1.73. The fourth-order valence-corrected chi connectivity index (χ4v) is 4.74. The highest BCUT2D eigenvalue weighted by Gasteiger charge is 2.56. The Balaban J connectivity index is 1.91. The maximum Gasteiger partial charge on any atom is 0.471 e. The summed E-state index contributed by atoms with van der Waals surface area (Å²) in [6.07, 6.45) is -5.67. The Morgan fingerprint density at radius 3 is 2.54 bits per heavy atom. The third-order valence-corrected chi connectivity index (χ3v) is 6.72. The molecule has 0 aromatic heterocycles. The van der Waals surface area contributed by atoms with E-state index >= 15 is 0 Å². The molecule has 2 aliphatic rings. The number of ether oxygens (including phenoxy) is 2. The first-order valence-electron chi connectivity index (χ1n) is 12.4. The van der Waals surface area contributed by atoms with E-state index in [4.69, 9.17) is 9.47 Å². The summed E-state index contributed by atoms with van der Waals surface area (Å²) in [5.74, 6) is -7.84. The molecule has 4 amide bonds. The van der Waals surface area contributed by atoms with E-state index < -0.39 is 84.0 Å². The minimum absolute atomic E-state index is 0.0120. The first-order valence-corrected chi connectivity index (χ1v) is 12.4. The van der Waals surface area contributed by atoms with Crippen molar-refractivity contribution in [2.24, 2.45) is 5.92 Å². The number of anilines is 1. The summed E-state index contributed by atoms with van der Waals surface area (Å²) in [4.78, 5) is 53.4. The zero-order valence-corrected chi connectivity index (χ0v) is 22.5. The highest BCUT2D eigenvalue weighted by molar-refractivity contribution is 6.02. The van der Waals surface area contributed by atoms with Crippen LogP contribution in [0.2, 0.25) is 0 Å². The van der Waals surface area contributed by atoms with Gasteiger partial charge in [0.15, 0.2) is 11.6 Å². The van der Waals surface area contributed by atoms with Crippen LogP contribution in [0.1, 0.15) is 26.7 Å². The van der Waals surface area contributed by atoms with Crippen LogP contribution < -0.4 is 15.4 Å². The smallest absolute Gasteiger partial charge is 0.471 e. The highest BCUT2D eigenvalue weighted by atomic mass is 19.4. The molecule has 1 aromatic carbocycles. The number of nitrogens with zero attached hydrogens (tertiary/aromatic N) is 3. The van der Waals surface area contributed by atoms with E-state index in [1.54, 1.807) is 19.2 Å². The molecule has 1 aromatic rings. The van der Waals surface area contributed by atoms with Crippen LogP contribution in [0.25, 0.3) is 0 Å². The average Bonchev–Trinajstić information content (AvgIpc) is 3.25. The molecule has 1 saturated heterocycles. The van der Waals surface area contributed by atoms with Crippen molar-refractivity contribution in [3.63, 3.8) is 0 Å². The first kappa shape index (κ1) is 31.5. The van der Waals surface area contributed by atoms with Gasteiger partial charge in [0.25, 0.3) is 5.91 Å². The molecule has 11 nitrogen and oxygen atoms in total. The van der Waals surface area contributed by atoms with E-state index in [-0.39, 0.29) is 24.5 Å². The van der Waals surface area contributed by atoms with Crippen molar-refractivity contribution in [2.45, 2.75) is 56.6 Å². The number of benzene rings is 1. The van der Waals surface area contributed by atoms with E-state index in [0.717, 1.165) is 30.0 Å².